The number of rotatable bonds is 1. The van der Waals surface area contributed by atoms with Gasteiger partial charge in [-0.25, -0.2) is 8.42 Å². The zero-order valence-electron chi connectivity index (χ0n) is 7.15. The Bertz CT molecular complexity index is 524. The minimum Gasteiger partial charge on any atom is -0.220 e. The molecule has 0 bridgehead atoms. The lowest BCUT2D eigenvalue weighted by Crippen LogP contribution is -2.18. The summed E-state index contributed by atoms with van der Waals surface area (Å²) in [5.41, 5.74) is 0. The Kier molecular flexibility index (Phi) is 5.08. The predicted octanol–water partition coefficient (Wildman–Crippen LogP) is 5.22. The first kappa shape index (κ1) is 15.5. The lowest BCUT2D eigenvalue weighted by Gasteiger charge is -2.15. The van der Waals surface area contributed by atoms with Crippen molar-refractivity contribution in [3.8, 4) is 0 Å². The van der Waals surface area contributed by atoms with Crippen LogP contribution in [0.3, 0.4) is 0 Å². The average molecular weight is 496 g/mol. The monoisotopic (exact) mass is 492 g/mol. The van der Waals surface area contributed by atoms with Gasteiger partial charge in [0.05, 0.1) is 20.0 Å². The molecule has 9 heteroatoms. The molecule has 2 nitrogen and oxygen atoms in total. The fourth-order valence-corrected chi connectivity index (χ4v) is 4.16. The van der Waals surface area contributed by atoms with Gasteiger partial charge in [0, 0.05) is 0 Å². The lowest BCUT2D eigenvalue weighted by molar-refractivity contribution is 0.599. The molecule has 0 fully saturated rings. The highest BCUT2D eigenvalue weighted by atomic mass is 80.0. The molecule has 0 saturated heterocycles. The molecule has 0 atom stereocenters. The van der Waals surface area contributed by atoms with E-state index in [2.05, 4.69) is 47.8 Å². The summed E-state index contributed by atoms with van der Waals surface area (Å²) < 4.78 is 22.5. The fraction of sp³-hybridized carbons (Fsp3) is 0.143. The predicted molar refractivity (Wildman–Crippen MR) is 78.2 cm³/mol. The van der Waals surface area contributed by atoms with Crippen LogP contribution in [0.2, 0.25) is 15.1 Å². The van der Waals surface area contributed by atoms with Gasteiger partial charge in [-0.3, -0.25) is 0 Å². The normalized spacial score (nSPS) is 12.9. The quantitative estimate of drug-likeness (QED) is 0.395. The Labute approximate surface area is 133 Å². The summed E-state index contributed by atoms with van der Waals surface area (Å²) in [7, 11) is -3.77. The zero-order valence-corrected chi connectivity index (χ0v) is 15.0. The number of alkyl halides is 3. The summed E-state index contributed by atoms with van der Waals surface area (Å²) in [5, 5.41) is 0.299. The molecule has 0 unspecified atom stereocenters. The van der Waals surface area contributed by atoms with E-state index in [-0.39, 0.29) is 20.0 Å². The molecule has 1 aromatic carbocycles. The second kappa shape index (κ2) is 5.23. The highest BCUT2D eigenvalue weighted by molar-refractivity contribution is 9.42. The molecular weight excluding hydrogens is 494 g/mol. The van der Waals surface area contributed by atoms with Crippen molar-refractivity contribution in [2.45, 2.75) is 6.37 Å². The van der Waals surface area contributed by atoms with Crippen molar-refractivity contribution in [3.05, 3.63) is 27.2 Å². The van der Waals surface area contributed by atoms with Crippen LogP contribution in [0.15, 0.2) is 17.0 Å². The topological polar surface area (TPSA) is 34.1 Å². The van der Waals surface area contributed by atoms with Gasteiger partial charge in [-0.15, -0.1) is 0 Å². The Morgan fingerprint density at radius 2 is 1.38 bits per heavy atom. The van der Waals surface area contributed by atoms with Gasteiger partial charge < -0.3 is 0 Å². The molecule has 0 aliphatic rings. The molecule has 1 aromatic rings. The Hall–Kier alpha value is 1.48. The van der Waals surface area contributed by atoms with Crippen LogP contribution < -0.4 is 0 Å². The van der Waals surface area contributed by atoms with E-state index in [4.69, 9.17) is 34.8 Å². The molecule has 0 saturated carbocycles. The number of hydrogen-bond acceptors (Lipinski definition) is 2. The van der Waals surface area contributed by atoms with Crippen molar-refractivity contribution in [2.75, 3.05) is 0 Å². The average Bonchev–Trinajstić information content (AvgIpc) is 2.09. The van der Waals surface area contributed by atoms with Gasteiger partial charge in [-0.1, -0.05) is 34.8 Å². The first-order chi connectivity index (χ1) is 7.07. The zero-order chi connectivity index (χ0) is 12.7. The third-order valence-corrected chi connectivity index (χ3v) is 8.08. The van der Waals surface area contributed by atoms with E-state index < -0.39 is 11.3 Å². The third kappa shape index (κ3) is 3.08. The SMILES string of the molecule is O=S(=O)(c1cc(Cl)c(Cl)cc1Cl)C(Br)(Br)Br. The van der Waals surface area contributed by atoms with E-state index in [1.165, 1.54) is 12.1 Å². The van der Waals surface area contributed by atoms with E-state index in [0.717, 1.165) is 0 Å². The minimum atomic E-state index is -3.77. The Balaban J connectivity index is 3.53. The number of sulfone groups is 1. The molecule has 0 aliphatic heterocycles. The summed E-state index contributed by atoms with van der Waals surface area (Å²) in [4.78, 5) is -0.130. The van der Waals surface area contributed by atoms with Crippen molar-refractivity contribution in [1.29, 1.82) is 0 Å². The molecule has 0 radical (unpaired) electrons. The van der Waals surface area contributed by atoms with Crippen molar-refractivity contribution < 1.29 is 8.42 Å². The standard InChI is InChI=1S/C7H2Br3Cl3O2S/c8-7(9,10)16(14,15)6-2-4(12)3(11)1-5(6)13/h1-2H. The van der Waals surface area contributed by atoms with Crippen LogP contribution in [-0.2, 0) is 9.84 Å². The maximum Gasteiger partial charge on any atom is 0.239 e. The second-order valence-corrected chi connectivity index (χ2v) is 14.3. The van der Waals surface area contributed by atoms with Crippen LogP contribution in [0.5, 0.6) is 0 Å². The van der Waals surface area contributed by atoms with Gasteiger partial charge in [-0.2, -0.15) is 0 Å². The minimum absolute atomic E-state index is 0.00266. The van der Waals surface area contributed by atoms with Gasteiger partial charge in [-0.05, 0) is 59.9 Å². The molecule has 0 aromatic heterocycles. The first-order valence-electron chi connectivity index (χ1n) is 3.53. The van der Waals surface area contributed by atoms with Crippen molar-refractivity contribution >= 4 is 92.4 Å². The summed E-state index contributed by atoms with van der Waals surface area (Å²) in [5.74, 6) is 0. The Morgan fingerprint density at radius 3 is 1.81 bits per heavy atom. The maximum absolute atomic E-state index is 12.0. The maximum atomic E-state index is 12.0. The molecule has 0 aliphatic carbocycles. The van der Waals surface area contributed by atoms with Gasteiger partial charge in [0.2, 0.25) is 11.3 Å². The fourth-order valence-electron chi connectivity index (χ4n) is 0.835. The second-order valence-electron chi connectivity index (χ2n) is 2.65. The van der Waals surface area contributed by atoms with Crippen molar-refractivity contribution in [2.24, 2.45) is 0 Å². The molecule has 0 N–H and O–H groups in total. The van der Waals surface area contributed by atoms with E-state index in [1.54, 1.807) is 0 Å². The third-order valence-electron chi connectivity index (χ3n) is 1.57. The molecule has 0 spiro atoms. The van der Waals surface area contributed by atoms with Crippen LogP contribution in [0.1, 0.15) is 0 Å². The van der Waals surface area contributed by atoms with E-state index in [1.807, 2.05) is 0 Å². The summed E-state index contributed by atoms with van der Waals surface area (Å²) in [6.45, 7) is 0. The van der Waals surface area contributed by atoms with Gasteiger partial charge in [0.15, 0.2) is 0 Å². The molecule has 0 heterocycles. The van der Waals surface area contributed by atoms with Crippen LogP contribution in [0.25, 0.3) is 0 Å². The van der Waals surface area contributed by atoms with Crippen LogP contribution in [0.4, 0.5) is 0 Å². The van der Waals surface area contributed by atoms with Crippen LogP contribution in [-0.4, -0.2) is 9.89 Å². The van der Waals surface area contributed by atoms with E-state index in [9.17, 15) is 8.42 Å². The van der Waals surface area contributed by atoms with E-state index >= 15 is 0 Å². The first-order valence-corrected chi connectivity index (χ1v) is 8.53. The van der Waals surface area contributed by atoms with Gasteiger partial charge in [0.25, 0.3) is 0 Å². The molecule has 1 rings (SSSR count). The molecule has 0 amide bonds. The van der Waals surface area contributed by atoms with Crippen LogP contribution in [0, 0.1) is 0 Å². The van der Waals surface area contributed by atoms with Gasteiger partial charge >= 0.3 is 0 Å². The van der Waals surface area contributed by atoms with E-state index in [0.29, 0.717) is 0 Å². The summed E-state index contributed by atoms with van der Waals surface area (Å²) in [6, 6.07) is 2.47. The summed E-state index contributed by atoms with van der Waals surface area (Å²) in [6.07, 6.45) is 0. The van der Waals surface area contributed by atoms with Crippen LogP contribution >= 0.6 is 82.6 Å². The molecule has 90 valence electrons. The summed E-state index contributed by atoms with van der Waals surface area (Å²) >= 11 is 26.0. The number of halogens is 6. The lowest BCUT2D eigenvalue weighted by atomic mass is 10.4. The number of hydrogen-bond donors (Lipinski definition) is 0. The largest absolute Gasteiger partial charge is 0.239 e. The molecule has 16 heavy (non-hydrogen) atoms. The Morgan fingerprint density at radius 1 is 0.938 bits per heavy atom. The van der Waals surface area contributed by atoms with Crippen molar-refractivity contribution in [1.82, 2.24) is 0 Å². The number of benzene rings is 1. The highest BCUT2D eigenvalue weighted by Gasteiger charge is 2.39. The highest BCUT2D eigenvalue weighted by Crippen LogP contribution is 2.46. The van der Waals surface area contributed by atoms with Crippen molar-refractivity contribution in [3.63, 3.8) is 0 Å². The smallest absolute Gasteiger partial charge is 0.220 e. The molecular formula is C7H2Br3Cl3O2S. The van der Waals surface area contributed by atoms with Gasteiger partial charge in [0.1, 0.15) is 0 Å².